The standard InChI is InChI=1S/2CH4.H3N.3U.Y.H2/h2*1H4;1H3;;;;;1H. The van der Waals surface area contributed by atoms with Gasteiger partial charge in [-0.2, -0.15) is 0 Å². The van der Waals surface area contributed by atoms with Gasteiger partial charge in [0.1, 0.15) is 0 Å². The Balaban J connectivity index is 0. The summed E-state index contributed by atoms with van der Waals surface area (Å²) in [5, 5.41) is 0. The normalized spacial score (nSPS) is 0. The molecule has 0 aliphatic carbocycles. The van der Waals surface area contributed by atoms with Crippen molar-refractivity contribution >= 4 is 0 Å². The Labute approximate surface area is 145 Å². The van der Waals surface area contributed by atoms with Crippen LogP contribution in [0.5, 0.6) is 0 Å². The molecule has 0 spiro atoms. The van der Waals surface area contributed by atoms with E-state index in [9.17, 15) is 0 Å². The molecule has 0 atom stereocenters. The fraction of sp³-hybridized carbons (Fsp3) is 1.00. The van der Waals surface area contributed by atoms with Crippen molar-refractivity contribution < 1.29 is 127 Å². The Morgan fingerprint density at radius 3 is 0.714 bits per heavy atom. The van der Waals surface area contributed by atoms with Gasteiger partial charge in [-0.15, -0.1) is 0 Å². The average molecular weight is 854 g/mol. The topological polar surface area (TPSA) is 35.0 Å². The van der Waals surface area contributed by atoms with Crippen molar-refractivity contribution in [1.82, 2.24) is 6.15 Å². The second kappa shape index (κ2) is 48.8. The van der Waals surface area contributed by atoms with E-state index in [0.29, 0.717) is 0 Å². The summed E-state index contributed by atoms with van der Waals surface area (Å²) in [6.07, 6.45) is 0. The number of hydrogen-bond donors (Lipinski definition) is 1. The smallest absolute Gasteiger partial charge is 0 e. The molecule has 0 heterocycles. The van der Waals surface area contributed by atoms with Crippen molar-refractivity contribution in [2.45, 2.75) is 14.9 Å². The van der Waals surface area contributed by atoms with Crippen LogP contribution in [0.25, 0.3) is 0 Å². The van der Waals surface area contributed by atoms with Crippen LogP contribution in [0.15, 0.2) is 0 Å². The van der Waals surface area contributed by atoms with E-state index in [0.717, 1.165) is 0 Å². The van der Waals surface area contributed by atoms with Gasteiger partial charge in [-0.1, -0.05) is 14.9 Å². The van der Waals surface area contributed by atoms with E-state index >= 15 is 0 Å². The van der Waals surface area contributed by atoms with E-state index in [1.165, 1.54) is 0 Å². The Morgan fingerprint density at radius 2 is 0.714 bits per heavy atom. The maximum absolute atomic E-state index is 0. The molecule has 0 aliphatic rings. The van der Waals surface area contributed by atoms with Gasteiger partial charge in [-0.05, 0) is 0 Å². The van der Waals surface area contributed by atoms with Crippen LogP contribution in [0.2, 0.25) is 0 Å². The first-order chi connectivity index (χ1) is 0. The zero-order valence-electron chi connectivity index (χ0n) is 2.78. The molecule has 0 bridgehead atoms. The second-order valence-corrected chi connectivity index (χ2v) is 0. The van der Waals surface area contributed by atoms with Gasteiger partial charge in [0.25, 0.3) is 0 Å². The van der Waals surface area contributed by atoms with Crippen LogP contribution in [-0.2, 0) is 32.7 Å². The van der Waals surface area contributed by atoms with Gasteiger partial charge in [0, 0.05) is 127 Å². The number of rotatable bonds is 0. The first-order valence-electron chi connectivity index (χ1n) is 0. The molecule has 3 N–H and O–H groups in total. The van der Waals surface area contributed by atoms with Crippen LogP contribution in [0.3, 0.4) is 0 Å². The van der Waals surface area contributed by atoms with Crippen molar-refractivity contribution in [3.63, 3.8) is 0 Å². The molecular formula is C2H13NU3Y. The summed E-state index contributed by atoms with van der Waals surface area (Å²) in [5.41, 5.74) is 0. The van der Waals surface area contributed by atoms with Crippen molar-refractivity contribution in [3.05, 3.63) is 0 Å². The van der Waals surface area contributed by atoms with Gasteiger partial charge in [-0.3, -0.25) is 0 Å². The molecule has 0 aliphatic heterocycles. The Morgan fingerprint density at radius 1 is 0.714 bits per heavy atom. The van der Waals surface area contributed by atoms with E-state index < -0.39 is 0 Å². The average Bonchev–Trinajstić information content (AvgIpc) is 0. The van der Waals surface area contributed by atoms with Crippen molar-refractivity contribution in [3.8, 4) is 0 Å². The summed E-state index contributed by atoms with van der Waals surface area (Å²) in [6, 6.07) is 0. The van der Waals surface area contributed by atoms with E-state index in [-0.39, 0.29) is 148 Å². The zero-order chi connectivity index (χ0) is 0. The fourth-order valence-electron chi connectivity index (χ4n) is 0. The van der Waals surface area contributed by atoms with Crippen molar-refractivity contribution in [1.29, 1.82) is 0 Å². The zero-order valence-corrected chi connectivity index (χ0v) is 18.1. The van der Waals surface area contributed by atoms with E-state index in [2.05, 4.69) is 0 Å². The van der Waals surface area contributed by atoms with E-state index in [4.69, 9.17) is 0 Å². The van der Waals surface area contributed by atoms with Crippen molar-refractivity contribution in [2.75, 3.05) is 0 Å². The van der Waals surface area contributed by atoms with Gasteiger partial charge in [0.15, 0.2) is 0 Å². The molecule has 0 saturated carbocycles. The summed E-state index contributed by atoms with van der Waals surface area (Å²) >= 11 is 0. The van der Waals surface area contributed by atoms with Crippen LogP contribution in [0.1, 0.15) is 16.3 Å². The quantitative estimate of drug-likeness (QED) is 0.396. The van der Waals surface area contributed by atoms with E-state index in [1.807, 2.05) is 0 Å². The molecule has 0 aromatic heterocycles. The maximum Gasteiger partial charge on any atom is 0 e. The minimum absolute atomic E-state index is 0. The SMILES string of the molecule is C.C.N.[HH].[U].[U].[U].[Y]. The molecule has 0 amide bonds. The summed E-state index contributed by atoms with van der Waals surface area (Å²) in [5.74, 6) is 0. The van der Waals surface area contributed by atoms with Crippen molar-refractivity contribution in [2.24, 2.45) is 0 Å². The summed E-state index contributed by atoms with van der Waals surface area (Å²) in [7, 11) is 0. The molecule has 1 nitrogen and oxygen atoms in total. The van der Waals surface area contributed by atoms with E-state index in [1.54, 1.807) is 0 Å². The first kappa shape index (κ1) is 65.8. The van der Waals surface area contributed by atoms with Crippen LogP contribution >= 0.6 is 0 Å². The largest absolute Gasteiger partial charge is 0.344 e. The molecule has 0 unspecified atom stereocenters. The predicted octanol–water partition coefficient (Wildman–Crippen LogP) is 1.68. The Kier molecular flexibility index (Phi) is 459. The summed E-state index contributed by atoms with van der Waals surface area (Å²) < 4.78 is 0. The molecular weight excluding hydrogens is 841 g/mol. The maximum atomic E-state index is 0. The van der Waals surface area contributed by atoms with Crippen LogP contribution < -0.4 is 6.15 Å². The molecule has 0 aromatic carbocycles. The van der Waals surface area contributed by atoms with Gasteiger partial charge in [-0.25, -0.2) is 0 Å². The molecule has 0 fully saturated rings. The van der Waals surface area contributed by atoms with Crippen LogP contribution in [0, 0.1) is 93.3 Å². The molecule has 0 rings (SSSR count). The monoisotopic (exact) mass is 854 g/mol. The van der Waals surface area contributed by atoms with Gasteiger partial charge in [0.2, 0.25) is 0 Å². The fourth-order valence-corrected chi connectivity index (χ4v) is 0. The predicted molar refractivity (Wildman–Crippen MR) is 20.6 cm³/mol. The van der Waals surface area contributed by atoms with Gasteiger partial charge >= 0.3 is 0 Å². The first-order valence-corrected chi connectivity index (χ1v) is 0. The minimum Gasteiger partial charge on any atom is -0.344 e. The minimum atomic E-state index is 0. The molecule has 5 heteroatoms. The molecule has 0 saturated heterocycles. The third kappa shape index (κ3) is 38.8. The molecule has 7 heavy (non-hydrogen) atoms. The van der Waals surface area contributed by atoms with Gasteiger partial charge in [0.05, 0.1) is 0 Å². The third-order valence-corrected chi connectivity index (χ3v) is 0. The Bertz CT molecular complexity index is 17.2. The molecule has 0 aromatic rings. The summed E-state index contributed by atoms with van der Waals surface area (Å²) in [4.78, 5) is 0. The second-order valence-electron chi connectivity index (χ2n) is 0. The van der Waals surface area contributed by atoms with Gasteiger partial charge < -0.3 is 6.15 Å². The molecule has 41 valence electrons. The summed E-state index contributed by atoms with van der Waals surface area (Å²) in [6.45, 7) is 0. The van der Waals surface area contributed by atoms with Crippen LogP contribution in [0.4, 0.5) is 0 Å². The third-order valence-electron chi connectivity index (χ3n) is 0. The molecule has 1 radical (unpaired) electrons. The number of hydrogen-bond acceptors (Lipinski definition) is 1. The Hall–Kier alpha value is 4.22. The van der Waals surface area contributed by atoms with Crippen LogP contribution in [-0.4, -0.2) is 0 Å².